The van der Waals surface area contributed by atoms with Crippen LogP contribution in [0.4, 0.5) is 8.78 Å². The summed E-state index contributed by atoms with van der Waals surface area (Å²) < 4.78 is 37.6. The van der Waals surface area contributed by atoms with Gasteiger partial charge in [0.25, 0.3) is 5.91 Å². The summed E-state index contributed by atoms with van der Waals surface area (Å²) in [5.74, 6) is -1.16. The van der Waals surface area contributed by atoms with Gasteiger partial charge in [-0.15, -0.1) is 0 Å². The zero-order valence-electron chi connectivity index (χ0n) is 15.3. The molecule has 3 aromatic rings. The van der Waals surface area contributed by atoms with Crippen molar-refractivity contribution in [3.05, 3.63) is 70.9 Å². The predicted molar refractivity (Wildman–Crippen MR) is 103 cm³/mol. The molecular formula is C21H17ClF2N2O3. The van der Waals surface area contributed by atoms with Crippen LogP contribution in [0, 0.1) is 11.6 Å². The van der Waals surface area contributed by atoms with Crippen LogP contribution in [0.15, 0.2) is 53.1 Å². The van der Waals surface area contributed by atoms with Gasteiger partial charge in [0.15, 0.2) is 23.0 Å². The number of piperidine rings is 1. The van der Waals surface area contributed by atoms with Gasteiger partial charge in [-0.3, -0.25) is 4.79 Å². The van der Waals surface area contributed by atoms with Gasteiger partial charge < -0.3 is 14.2 Å². The molecule has 8 heteroatoms. The molecule has 0 atom stereocenters. The number of rotatable bonds is 4. The lowest BCUT2D eigenvalue weighted by molar-refractivity contribution is 0.0579. The number of carbonyl (C=O) groups is 1. The molecule has 2 heterocycles. The molecule has 0 saturated carbocycles. The molecule has 0 N–H and O–H groups in total. The van der Waals surface area contributed by atoms with Crippen LogP contribution in [-0.2, 0) is 0 Å². The van der Waals surface area contributed by atoms with Crippen molar-refractivity contribution in [2.24, 2.45) is 0 Å². The number of carbonyl (C=O) groups excluding carboxylic acids is 1. The minimum absolute atomic E-state index is 0.0128. The minimum atomic E-state index is -0.736. The average molecular weight is 419 g/mol. The van der Waals surface area contributed by atoms with Crippen molar-refractivity contribution in [1.82, 2.24) is 10.1 Å². The van der Waals surface area contributed by atoms with E-state index in [1.54, 1.807) is 29.2 Å². The Hall–Kier alpha value is -2.93. The Morgan fingerprint density at radius 1 is 1.14 bits per heavy atom. The maximum Gasteiger partial charge on any atom is 0.276 e. The van der Waals surface area contributed by atoms with E-state index in [1.165, 1.54) is 6.07 Å². The number of hydrogen-bond acceptors (Lipinski definition) is 4. The third kappa shape index (κ3) is 4.40. The van der Waals surface area contributed by atoms with E-state index in [1.807, 2.05) is 6.07 Å². The lowest BCUT2D eigenvalue weighted by Crippen LogP contribution is -2.42. The summed E-state index contributed by atoms with van der Waals surface area (Å²) in [4.78, 5) is 14.4. The van der Waals surface area contributed by atoms with Gasteiger partial charge in [-0.05, 0) is 24.3 Å². The molecule has 1 aliphatic heterocycles. The van der Waals surface area contributed by atoms with Crippen molar-refractivity contribution in [3.8, 4) is 17.1 Å². The van der Waals surface area contributed by atoms with Crippen LogP contribution >= 0.6 is 11.6 Å². The molecule has 0 radical (unpaired) electrons. The average Bonchev–Trinajstić information content (AvgIpc) is 3.20. The summed E-state index contributed by atoms with van der Waals surface area (Å²) in [5, 5.41) is 4.44. The zero-order chi connectivity index (χ0) is 20.4. The highest BCUT2D eigenvalue weighted by atomic mass is 35.5. The molecule has 4 rings (SSSR count). The Balaban J connectivity index is 1.37. The maximum absolute atomic E-state index is 13.7. The summed E-state index contributed by atoms with van der Waals surface area (Å²) in [6, 6.07) is 11.9. The summed E-state index contributed by atoms with van der Waals surface area (Å²) in [7, 11) is 0. The summed E-state index contributed by atoms with van der Waals surface area (Å²) in [5.41, 5.74) is 0.946. The number of nitrogens with zero attached hydrogens (tertiary/aromatic N) is 2. The first-order valence-corrected chi connectivity index (χ1v) is 9.51. The number of likely N-dealkylation sites (tertiary alicyclic amines) is 1. The molecule has 1 aliphatic rings. The van der Waals surface area contributed by atoms with Crippen LogP contribution in [0.3, 0.4) is 0 Å². The highest BCUT2D eigenvalue weighted by Gasteiger charge is 2.27. The van der Waals surface area contributed by atoms with Crippen LogP contribution < -0.4 is 4.74 Å². The van der Waals surface area contributed by atoms with E-state index in [0.29, 0.717) is 36.7 Å². The fraction of sp³-hybridized carbons (Fsp3) is 0.238. The molecule has 29 heavy (non-hydrogen) atoms. The third-order valence-corrected chi connectivity index (χ3v) is 4.99. The molecule has 0 bridgehead atoms. The predicted octanol–water partition coefficient (Wildman–Crippen LogP) is 4.96. The normalized spacial score (nSPS) is 14.8. The lowest BCUT2D eigenvalue weighted by atomic mass is 10.1. The second-order valence-corrected chi connectivity index (χ2v) is 7.21. The Labute approximate surface area is 170 Å². The standard InChI is InChI=1S/C21H17ClF2N2O3/c22-14-3-1-2-13(10-14)20-12-18(25-29-20)21(27)26-8-6-16(7-9-26)28-19-5-4-15(23)11-17(19)24/h1-5,10-12,16H,6-9H2. The van der Waals surface area contributed by atoms with E-state index in [0.717, 1.165) is 17.7 Å². The monoisotopic (exact) mass is 418 g/mol. The van der Waals surface area contributed by atoms with Gasteiger partial charge in [0.05, 0.1) is 0 Å². The number of halogens is 3. The van der Waals surface area contributed by atoms with Crippen LogP contribution in [0.25, 0.3) is 11.3 Å². The van der Waals surface area contributed by atoms with Crippen molar-refractivity contribution >= 4 is 17.5 Å². The molecule has 1 aromatic heterocycles. The Morgan fingerprint density at radius 2 is 1.93 bits per heavy atom. The molecule has 5 nitrogen and oxygen atoms in total. The van der Waals surface area contributed by atoms with E-state index < -0.39 is 11.6 Å². The van der Waals surface area contributed by atoms with Crippen molar-refractivity contribution in [3.63, 3.8) is 0 Å². The molecule has 150 valence electrons. The summed E-state index contributed by atoms with van der Waals surface area (Å²) in [6.07, 6.45) is 0.807. The number of benzene rings is 2. The maximum atomic E-state index is 13.7. The first-order chi connectivity index (χ1) is 14.0. The van der Waals surface area contributed by atoms with Crippen LogP contribution in [0.5, 0.6) is 5.75 Å². The minimum Gasteiger partial charge on any atom is -0.487 e. The zero-order valence-corrected chi connectivity index (χ0v) is 16.0. The quantitative estimate of drug-likeness (QED) is 0.601. The van der Waals surface area contributed by atoms with E-state index in [4.69, 9.17) is 20.9 Å². The van der Waals surface area contributed by atoms with Crippen molar-refractivity contribution < 1.29 is 22.8 Å². The highest BCUT2D eigenvalue weighted by molar-refractivity contribution is 6.30. The molecule has 0 aliphatic carbocycles. The van der Waals surface area contributed by atoms with E-state index in [9.17, 15) is 13.6 Å². The number of hydrogen-bond donors (Lipinski definition) is 0. The first-order valence-electron chi connectivity index (χ1n) is 9.13. The summed E-state index contributed by atoms with van der Waals surface area (Å²) >= 11 is 5.98. The Bertz CT molecular complexity index is 1030. The fourth-order valence-electron chi connectivity index (χ4n) is 3.24. The Morgan fingerprint density at radius 3 is 2.66 bits per heavy atom. The molecule has 2 aromatic carbocycles. The fourth-order valence-corrected chi connectivity index (χ4v) is 3.43. The van der Waals surface area contributed by atoms with E-state index in [-0.39, 0.29) is 23.5 Å². The van der Waals surface area contributed by atoms with E-state index >= 15 is 0 Å². The van der Waals surface area contributed by atoms with E-state index in [2.05, 4.69) is 5.16 Å². The lowest BCUT2D eigenvalue weighted by Gasteiger charge is -2.31. The van der Waals surface area contributed by atoms with Crippen LogP contribution in [-0.4, -0.2) is 35.2 Å². The SMILES string of the molecule is O=C(c1cc(-c2cccc(Cl)c2)on1)N1CCC(Oc2ccc(F)cc2F)CC1. The van der Waals surface area contributed by atoms with Gasteiger partial charge >= 0.3 is 0 Å². The molecular weight excluding hydrogens is 402 g/mol. The van der Waals surface area contributed by atoms with Gasteiger partial charge in [-0.2, -0.15) is 0 Å². The van der Waals surface area contributed by atoms with Gasteiger partial charge in [0, 0.05) is 48.6 Å². The topological polar surface area (TPSA) is 55.6 Å². The van der Waals surface area contributed by atoms with Crippen molar-refractivity contribution in [2.75, 3.05) is 13.1 Å². The summed E-state index contributed by atoms with van der Waals surface area (Å²) in [6.45, 7) is 0.872. The largest absolute Gasteiger partial charge is 0.487 e. The molecule has 1 amide bonds. The first kappa shape index (κ1) is 19.4. The molecule has 0 spiro atoms. The van der Waals surface area contributed by atoms with Crippen LogP contribution in [0.2, 0.25) is 5.02 Å². The Kier molecular flexibility index (Phi) is 5.49. The second kappa shape index (κ2) is 8.21. The van der Waals surface area contributed by atoms with Crippen molar-refractivity contribution in [2.45, 2.75) is 18.9 Å². The van der Waals surface area contributed by atoms with Crippen LogP contribution in [0.1, 0.15) is 23.3 Å². The van der Waals surface area contributed by atoms with Gasteiger partial charge in [-0.25, -0.2) is 8.78 Å². The second-order valence-electron chi connectivity index (χ2n) is 6.77. The number of aromatic nitrogens is 1. The number of amides is 1. The molecule has 1 saturated heterocycles. The molecule has 1 fully saturated rings. The van der Waals surface area contributed by atoms with Gasteiger partial charge in [-0.1, -0.05) is 28.9 Å². The highest BCUT2D eigenvalue weighted by Crippen LogP contribution is 2.26. The van der Waals surface area contributed by atoms with Crippen molar-refractivity contribution in [1.29, 1.82) is 0 Å². The molecule has 0 unspecified atom stereocenters. The van der Waals surface area contributed by atoms with Gasteiger partial charge in [0.1, 0.15) is 11.9 Å². The third-order valence-electron chi connectivity index (χ3n) is 4.76. The smallest absolute Gasteiger partial charge is 0.276 e. The number of ether oxygens (including phenoxy) is 1. The van der Waals surface area contributed by atoms with Gasteiger partial charge in [0.2, 0.25) is 0 Å².